The van der Waals surface area contributed by atoms with Gasteiger partial charge < -0.3 is 10.8 Å². The molecule has 1 atom stereocenters. The normalized spacial score (nSPS) is 12.7. The molecule has 0 spiro atoms. The van der Waals surface area contributed by atoms with E-state index in [9.17, 15) is 5.11 Å². The van der Waals surface area contributed by atoms with Crippen LogP contribution < -0.4 is 5.73 Å². The monoisotopic (exact) mass is 275 g/mol. The van der Waals surface area contributed by atoms with Crippen LogP contribution in [0.1, 0.15) is 16.7 Å². The van der Waals surface area contributed by atoms with Crippen LogP contribution in [0.15, 0.2) is 18.5 Å². The van der Waals surface area contributed by atoms with E-state index < -0.39 is 6.10 Å². The summed E-state index contributed by atoms with van der Waals surface area (Å²) in [6.45, 7) is 0. The highest BCUT2D eigenvalue weighted by Crippen LogP contribution is 2.31. The number of nitrogens with two attached hydrogens (primary N) is 1. The standard InChI is InChI=1S/C9H7Cl2N3OS/c10-4-1-5(8(12)13-2-4)7(15)9-14-3-6(11)16-9/h1-3,7,15H,(H2,12,13). The van der Waals surface area contributed by atoms with Gasteiger partial charge in [0.15, 0.2) is 0 Å². The van der Waals surface area contributed by atoms with Crippen molar-refractivity contribution in [1.29, 1.82) is 0 Å². The lowest BCUT2D eigenvalue weighted by Crippen LogP contribution is -2.05. The van der Waals surface area contributed by atoms with Crippen LogP contribution in [-0.2, 0) is 0 Å². The predicted molar refractivity (Wildman–Crippen MR) is 64.8 cm³/mol. The van der Waals surface area contributed by atoms with Gasteiger partial charge in [0.25, 0.3) is 0 Å². The maximum atomic E-state index is 10.0. The van der Waals surface area contributed by atoms with E-state index >= 15 is 0 Å². The summed E-state index contributed by atoms with van der Waals surface area (Å²) >= 11 is 12.7. The Morgan fingerprint density at radius 1 is 1.31 bits per heavy atom. The van der Waals surface area contributed by atoms with Crippen LogP contribution in [0.2, 0.25) is 9.36 Å². The molecule has 0 fully saturated rings. The van der Waals surface area contributed by atoms with Crippen molar-refractivity contribution in [2.24, 2.45) is 0 Å². The van der Waals surface area contributed by atoms with Crippen LogP contribution in [0.4, 0.5) is 5.82 Å². The van der Waals surface area contributed by atoms with Gasteiger partial charge in [-0.15, -0.1) is 11.3 Å². The van der Waals surface area contributed by atoms with Crippen molar-refractivity contribution >= 4 is 40.4 Å². The zero-order valence-corrected chi connectivity index (χ0v) is 10.2. The molecule has 3 N–H and O–H groups in total. The summed E-state index contributed by atoms with van der Waals surface area (Å²) < 4.78 is 0.502. The van der Waals surface area contributed by atoms with Crippen molar-refractivity contribution in [1.82, 2.24) is 9.97 Å². The first-order valence-electron chi connectivity index (χ1n) is 4.28. The SMILES string of the molecule is Nc1ncc(Cl)cc1C(O)c1ncc(Cl)s1. The van der Waals surface area contributed by atoms with Gasteiger partial charge >= 0.3 is 0 Å². The van der Waals surface area contributed by atoms with E-state index in [1.807, 2.05) is 0 Å². The minimum absolute atomic E-state index is 0.225. The molecule has 0 aromatic carbocycles. The summed E-state index contributed by atoms with van der Waals surface area (Å²) in [6.07, 6.45) is 1.93. The number of nitrogen functional groups attached to an aromatic ring is 1. The summed E-state index contributed by atoms with van der Waals surface area (Å²) in [5, 5.41) is 10.9. The molecule has 2 heterocycles. The van der Waals surface area contributed by atoms with E-state index in [4.69, 9.17) is 28.9 Å². The molecule has 0 radical (unpaired) electrons. The Morgan fingerprint density at radius 2 is 2.06 bits per heavy atom. The van der Waals surface area contributed by atoms with Gasteiger partial charge in [-0.1, -0.05) is 23.2 Å². The van der Waals surface area contributed by atoms with Crippen molar-refractivity contribution in [2.75, 3.05) is 5.73 Å². The van der Waals surface area contributed by atoms with Crippen LogP contribution in [0.25, 0.3) is 0 Å². The fourth-order valence-corrected chi connectivity index (χ4v) is 2.31. The van der Waals surface area contributed by atoms with Crippen molar-refractivity contribution in [3.05, 3.63) is 38.4 Å². The Hall–Kier alpha value is -0.880. The topological polar surface area (TPSA) is 72.0 Å². The number of rotatable bonds is 2. The Morgan fingerprint density at radius 3 is 2.69 bits per heavy atom. The number of aromatic nitrogens is 2. The highest BCUT2D eigenvalue weighted by molar-refractivity contribution is 7.15. The van der Waals surface area contributed by atoms with Crippen molar-refractivity contribution in [2.45, 2.75) is 6.10 Å². The third-order valence-corrected chi connectivity index (χ3v) is 3.31. The molecule has 0 saturated carbocycles. The molecule has 2 aromatic heterocycles. The van der Waals surface area contributed by atoms with Crippen LogP contribution in [0, 0.1) is 0 Å². The van der Waals surface area contributed by atoms with Gasteiger partial charge in [-0.3, -0.25) is 0 Å². The third kappa shape index (κ3) is 2.27. The summed E-state index contributed by atoms with van der Waals surface area (Å²) in [7, 11) is 0. The molecule has 0 amide bonds. The molecule has 2 rings (SSSR count). The number of nitrogens with zero attached hydrogens (tertiary/aromatic N) is 2. The molecule has 0 bridgehead atoms. The molecule has 7 heteroatoms. The Labute approximate surface area is 106 Å². The second-order valence-electron chi connectivity index (χ2n) is 3.03. The van der Waals surface area contributed by atoms with E-state index in [1.54, 1.807) is 6.07 Å². The number of thiazole rings is 1. The first-order chi connectivity index (χ1) is 7.58. The van der Waals surface area contributed by atoms with Crippen molar-refractivity contribution in [3.8, 4) is 0 Å². The summed E-state index contributed by atoms with van der Waals surface area (Å²) in [5.74, 6) is 0.225. The maximum Gasteiger partial charge on any atom is 0.134 e. The lowest BCUT2D eigenvalue weighted by atomic mass is 10.1. The van der Waals surface area contributed by atoms with Gasteiger partial charge in [-0.25, -0.2) is 9.97 Å². The van der Waals surface area contributed by atoms with E-state index in [-0.39, 0.29) is 5.82 Å². The van der Waals surface area contributed by atoms with Gasteiger partial charge in [0.2, 0.25) is 0 Å². The minimum atomic E-state index is -0.955. The summed E-state index contributed by atoms with van der Waals surface area (Å²) in [6, 6.07) is 1.56. The zero-order valence-electron chi connectivity index (χ0n) is 7.89. The average molecular weight is 276 g/mol. The summed E-state index contributed by atoms with van der Waals surface area (Å²) in [5.41, 5.74) is 6.08. The van der Waals surface area contributed by atoms with Crippen LogP contribution in [0.3, 0.4) is 0 Å². The first-order valence-corrected chi connectivity index (χ1v) is 5.85. The molecule has 84 valence electrons. The molecule has 1 unspecified atom stereocenters. The number of anilines is 1. The second kappa shape index (κ2) is 4.55. The van der Waals surface area contributed by atoms with Gasteiger partial charge in [0, 0.05) is 11.8 Å². The molecule has 4 nitrogen and oxygen atoms in total. The number of aliphatic hydroxyl groups excluding tert-OH is 1. The van der Waals surface area contributed by atoms with Crippen LogP contribution in [-0.4, -0.2) is 15.1 Å². The number of hydrogen-bond donors (Lipinski definition) is 2. The summed E-state index contributed by atoms with van der Waals surface area (Å²) in [4.78, 5) is 7.83. The highest BCUT2D eigenvalue weighted by Gasteiger charge is 2.18. The van der Waals surface area contributed by atoms with Crippen LogP contribution in [0.5, 0.6) is 0 Å². The van der Waals surface area contributed by atoms with Gasteiger partial charge in [-0.2, -0.15) is 0 Å². The maximum absolute atomic E-state index is 10.0. The van der Waals surface area contributed by atoms with Crippen molar-refractivity contribution < 1.29 is 5.11 Å². The number of hydrogen-bond acceptors (Lipinski definition) is 5. The number of pyridine rings is 1. The van der Waals surface area contributed by atoms with E-state index in [0.29, 0.717) is 19.9 Å². The number of halogens is 2. The highest BCUT2D eigenvalue weighted by atomic mass is 35.5. The smallest absolute Gasteiger partial charge is 0.134 e. The van der Waals surface area contributed by atoms with Gasteiger partial charge in [-0.05, 0) is 6.07 Å². The van der Waals surface area contributed by atoms with Gasteiger partial charge in [0.1, 0.15) is 21.3 Å². The van der Waals surface area contributed by atoms with E-state index in [0.717, 1.165) is 0 Å². The molecule has 0 saturated heterocycles. The lowest BCUT2D eigenvalue weighted by molar-refractivity contribution is 0.220. The van der Waals surface area contributed by atoms with Crippen molar-refractivity contribution in [3.63, 3.8) is 0 Å². The first kappa shape index (κ1) is 11.6. The van der Waals surface area contributed by atoms with Crippen LogP contribution >= 0.6 is 34.5 Å². The fraction of sp³-hybridized carbons (Fsp3) is 0.111. The van der Waals surface area contributed by atoms with E-state index in [1.165, 1.54) is 23.7 Å². The molecule has 0 aliphatic rings. The molecular weight excluding hydrogens is 269 g/mol. The Kier molecular flexibility index (Phi) is 3.30. The Balaban J connectivity index is 2.40. The van der Waals surface area contributed by atoms with Gasteiger partial charge in [0.05, 0.1) is 11.2 Å². The molecular formula is C9H7Cl2N3OS. The molecule has 0 aliphatic heterocycles. The minimum Gasteiger partial charge on any atom is -0.383 e. The second-order valence-corrected chi connectivity index (χ2v) is 5.16. The fourth-order valence-electron chi connectivity index (χ4n) is 1.21. The molecule has 0 aliphatic carbocycles. The van der Waals surface area contributed by atoms with E-state index in [2.05, 4.69) is 9.97 Å². The zero-order chi connectivity index (χ0) is 11.7. The molecule has 16 heavy (non-hydrogen) atoms. The largest absolute Gasteiger partial charge is 0.383 e. The number of aliphatic hydroxyl groups is 1. The quantitative estimate of drug-likeness (QED) is 0.884. The average Bonchev–Trinajstić information content (AvgIpc) is 2.67. The Bertz CT molecular complexity index is 517. The molecule has 2 aromatic rings. The third-order valence-electron chi connectivity index (χ3n) is 1.94. The lowest BCUT2D eigenvalue weighted by Gasteiger charge is -2.10. The predicted octanol–water partition coefficient (Wildman–Crippen LogP) is 2.51.